The number of hydrogen-bond donors (Lipinski definition) is 1. The van der Waals surface area contributed by atoms with Crippen molar-refractivity contribution in [1.82, 2.24) is 4.90 Å². The number of carbonyl (C=O) groups excluding carboxylic acids is 1. The molecule has 1 aromatic carbocycles. The molecular weight excluding hydrogens is 413 g/mol. The first kappa shape index (κ1) is 17.8. The predicted molar refractivity (Wildman–Crippen MR) is 92.6 cm³/mol. The van der Waals surface area contributed by atoms with Crippen LogP contribution in [0.25, 0.3) is 0 Å². The average Bonchev–Trinajstić information content (AvgIpc) is 2.35. The van der Waals surface area contributed by atoms with Gasteiger partial charge in [0.2, 0.25) is 0 Å². The summed E-state index contributed by atoms with van der Waals surface area (Å²) in [4.78, 5) is 24.7. The highest BCUT2D eigenvalue weighted by Gasteiger charge is 2.50. The summed E-state index contributed by atoms with van der Waals surface area (Å²) in [7, 11) is 0. The van der Waals surface area contributed by atoms with Crippen LogP contribution in [0.3, 0.4) is 0 Å². The van der Waals surface area contributed by atoms with E-state index < -0.39 is 23.3 Å². The van der Waals surface area contributed by atoms with Crippen LogP contribution >= 0.6 is 22.6 Å². The number of ether oxygens (including phenoxy) is 2. The number of likely N-dealkylation sites (tertiary alicyclic amines) is 1. The topological polar surface area (TPSA) is 76.1 Å². The summed E-state index contributed by atoms with van der Waals surface area (Å²) in [5.74, 6) is -0.335. The minimum Gasteiger partial charge on any atom is -0.482 e. The summed E-state index contributed by atoms with van der Waals surface area (Å²) in [6, 6.07) is 7.39. The second-order valence-electron chi connectivity index (χ2n) is 6.62. The second-order valence-corrected chi connectivity index (χ2v) is 7.78. The van der Waals surface area contributed by atoms with E-state index in [1.54, 1.807) is 26.8 Å². The quantitative estimate of drug-likeness (QED) is 0.739. The molecule has 0 aromatic heterocycles. The molecule has 1 aromatic rings. The fraction of sp³-hybridized carbons (Fsp3) is 0.500. The number of rotatable bonds is 4. The number of amides is 1. The lowest BCUT2D eigenvalue weighted by molar-refractivity contribution is -0.149. The van der Waals surface area contributed by atoms with Crippen LogP contribution in [0.1, 0.15) is 27.2 Å². The van der Waals surface area contributed by atoms with E-state index in [1.807, 2.05) is 18.2 Å². The first-order valence-corrected chi connectivity index (χ1v) is 8.31. The second kappa shape index (κ2) is 6.54. The molecule has 23 heavy (non-hydrogen) atoms. The molecule has 1 aliphatic rings. The Kier molecular flexibility index (Phi) is 5.07. The molecule has 6 nitrogen and oxygen atoms in total. The van der Waals surface area contributed by atoms with Gasteiger partial charge in [0.25, 0.3) is 0 Å². The Morgan fingerprint density at radius 1 is 1.30 bits per heavy atom. The summed E-state index contributed by atoms with van der Waals surface area (Å²) in [5.41, 5.74) is -1.50. The van der Waals surface area contributed by atoms with E-state index in [0.717, 1.165) is 3.57 Å². The first-order chi connectivity index (χ1) is 10.6. The van der Waals surface area contributed by atoms with Gasteiger partial charge in [-0.2, -0.15) is 0 Å². The van der Waals surface area contributed by atoms with Crippen molar-refractivity contribution in [2.75, 3.05) is 13.1 Å². The molecule has 1 fully saturated rings. The van der Waals surface area contributed by atoms with Crippen molar-refractivity contribution in [3.8, 4) is 5.75 Å². The largest absolute Gasteiger partial charge is 0.482 e. The molecule has 2 rings (SSSR count). The van der Waals surface area contributed by atoms with E-state index in [4.69, 9.17) is 14.6 Å². The van der Waals surface area contributed by atoms with Crippen molar-refractivity contribution >= 4 is 34.7 Å². The Labute approximate surface area is 148 Å². The minimum absolute atomic E-state index is 0.169. The summed E-state index contributed by atoms with van der Waals surface area (Å²) in [6.07, 6.45) is -0.623. The van der Waals surface area contributed by atoms with Crippen LogP contribution in [0, 0.1) is 3.57 Å². The molecule has 7 heteroatoms. The number of benzene rings is 1. The van der Waals surface area contributed by atoms with Crippen LogP contribution in [-0.4, -0.2) is 46.4 Å². The van der Waals surface area contributed by atoms with Crippen molar-refractivity contribution in [2.24, 2.45) is 0 Å². The van der Waals surface area contributed by atoms with E-state index in [2.05, 4.69) is 22.6 Å². The fourth-order valence-electron chi connectivity index (χ4n) is 2.35. The monoisotopic (exact) mass is 433 g/mol. The van der Waals surface area contributed by atoms with E-state index in [0.29, 0.717) is 5.75 Å². The first-order valence-electron chi connectivity index (χ1n) is 7.23. The Bertz CT molecular complexity index is 605. The Morgan fingerprint density at radius 2 is 1.91 bits per heavy atom. The SMILES string of the molecule is CC(C)(C)OC(=O)N1CC(CC(=O)O)(Oc2ccccc2I)C1. The number of carboxylic acids is 1. The zero-order valence-corrected chi connectivity index (χ0v) is 15.5. The summed E-state index contributed by atoms with van der Waals surface area (Å²) in [5, 5.41) is 9.16. The van der Waals surface area contributed by atoms with Crippen molar-refractivity contribution < 1.29 is 24.2 Å². The lowest BCUT2D eigenvalue weighted by atomic mass is 9.90. The maximum atomic E-state index is 12.0. The number of hydrogen-bond acceptors (Lipinski definition) is 4. The van der Waals surface area contributed by atoms with Gasteiger partial charge in [0.05, 0.1) is 23.1 Å². The molecule has 126 valence electrons. The van der Waals surface area contributed by atoms with Gasteiger partial charge >= 0.3 is 12.1 Å². The van der Waals surface area contributed by atoms with Gasteiger partial charge in [-0.05, 0) is 55.5 Å². The van der Waals surface area contributed by atoms with Gasteiger partial charge in [-0.15, -0.1) is 0 Å². The van der Waals surface area contributed by atoms with Crippen LogP contribution < -0.4 is 4.74 Å². The highest BCUT2D eigenvalue weighted by atomic mass is 127. The highest BCUT2D eigenvalue weighted by molar-refractivity contribution is 14.1. The molecule has 0 unspecified atom stereocenters. The van der Waals surface area contributed by atoms with Gasteiger partial charge in [0.1, 0.15) is 11.4 Å². The van der Waals surface area contributed by atoms with Crippen LogP contribution in [-0.2, 0) is 9.53 Å². The standard InChI is InChI=1S/C16H20INO5/c1-15(2,3)23-14(21)18-9-16(10-18,8-13(19)20)22-12-7-5-4-6-11(12)17/h4-7H,8-10H2,1-3H3,(H,19,20). The normalized spacial score (nSPS) is 16.4. The summed E-state index contributed by atoms with van der Waals surface area (Å²) in [6.45, 7) is 5.76. The molecule has 0 aliphatic carbocycles. The van der Waals surface area contributed by atoms with Crippen LogP contribution in [0.2, 0.25) is 0 Å². The maximum Gasteiger partial charge on any atom is 0.410 e. The number of nitrogens with zero attached hydrogens (tertiary/aromatic N) is 1. The van der Waals surface area contributed by atoms with Gasteiger partial charge in [0, 0.05) is 0 Å². The number of halogens is 1. The number of para-hydroxylation sites is 1. The number of carboxylic acid groups (broad SMARTS) is 1. The van der Waals surface area contributed by atoms with Crippen LogP contribution in [0.5, 0.6) is 5.75 Å². The van der Waals surface area contributed by atoms with Crippen molar-refractivity contribution in [3.05, 3.63) is 27.8 Å². The maximum absolute atomic E-state index is 12.0. The van der Waals surface area contributed by atoms with E-state index >= 15 is 0 Å². The van der Waals surface area contributed by atoms with Crippen LogP contribution in [0.15, 0.2) is 24.3 Å². The highest BCUT2D eigenvalue weighted by Crippen LogP contribution is 2.34. The Morgan fingerprint density at radius 3 is 2.43 bits per heavy atom. The van der Waals surface area contributed by atoms with Crippen molar-refractivity contribution in [3.63, 3.8) is 0 Å². The zero-order chi connectivity index (χ0) is 17.3. The zero-order valence-electron chi connectivity index (χ0n) is 13.3. The van der Waals surface area contributed by atoms with E-state index in [-0.39, 0.29) is 19.5 Å². The molecule has 0 spiro atoms. The predicted octanol–water partition coefficient (Wildman–Crippen LogP) is 3.13. The molecule has 0 radical (unpaired) electrons. The number of aliphatic carboxylic acids is 1. The Balaban J connectivity index is 2.08. The minimum atomic E-state index is -0.959. The molecule has 1 N–H and O–H groups in total. The van der Waals surface area contributed by atoms with Crippen LogP contribution in [0.4, 0.5) is 4.79 Å². The van der Waals surface area contributed by atoms with E-state index in [1.165, 1.54) is 4.90 Å². The number of carbonyl (C=O) groups is 2. The molecule has 0 bridgehead atoms. The molecular formula is C16H20INO5. The summed E-state index contributed by atoms with van der Waals surface area (Å²) >= 11 is 2.13. The molecule has 1 aliphatic heterocycles. The average molecular weight is 433 g/mol. The lowest BCUT2D eigenvalue weighted by Crippen LogP contribution is -2.67. The third-order valence-corrected chi connectivity index (χ3v) is 4.14. The molecule has 1 amide bonds. The third kappa shape index (κ3) is 4.73. The molecule has 0 atom stereocenters. The Hall–Kier alpha value is -1.51. The molecule has 1 heterocycles. The lowest BCUT2D eigenvalue weighted by Gasteiger charge is -2.48. The molecule has 1 saturated heterocycles. The fourth-order valence-corrected chi connectivity index (χ4v) is 2.85. The van der Waals surface area contributed by atoms with Crippen molar-refractivity contribution in [1.29, 1.82) is 0 Å². The van der Waals surface area contributed by atoms with E-state index in [9.17, 15) is 9.59 Å². The van der Waals surface area contributed by atoms with Gasteiger partial charge in [-0.25, -0.2) is 4.79 Å². The van der Waals surface area contributed by atoms with Crippen molar-refractivity contribution in [2.45, 2.75) is 38.4 Å². The third-order valence-electron chi connectivity index (χ3n) is 3.25. The van der Waals surface area contributed by atoms with Gasteiger partial charge in [-0.1, -0.05) is 12.1 Å². The molecule has 0 saturated carbocycles. The van der Waals surface area contributed by atoms with Gasteiger partial charge in [0.15, 0.2) is 5.60 Å². The van der Waals surface area contributed by atoms with Gasteiger partial charge in [-0.3, -0.25) is 9.69 Å². The summed E-state index contributed by atoms with van der Waals surface area (Å²) < 4.78 is 12.1. The van der Waals surface area contributed by atoms with Gasteiger partial charge < -0.3 is 14.6 Å². The smallest absolute Gasteiger partial charge is 0.410 e.